The Balaban J connectivity index is 1.39. The zero-order valence-corrected chi connectivity index (χ0v) is 43.4. The molecule has 0 radical (unpaired) electrons. The van der Waals surface area contributed by atoms with Crippen LogP contribution in [-0.4, -0.2) is 6.71 Å². The molecule has 9 rings (SSSR count). The van der Waals surface area contributed by atoms with Gasteiger partial charge >= 0.3 is 0 Å². The Bertz CT molecular complexity index is 2730. The minimum Gasteiger partial charge on any atom is -0.311 e. The smallest absolute Gasteiger partial charge is 0.252 e. The highest BCUT2D eigenvalue weighted by Gasteiger charge is 2.45. The summed E-state index contributed by atoms with van der Waals surface area (Å²) in [6.45, 7) is 37.7. The summed E-state index contributed by atoms with van der Waals surface area (Å²) >= 11 is 0. The van der Waals surface area contributed by atoms with Crippen LogP contribution in [0.1, 0.15) is 155 Å². The van der Waals surface area contributed by atoms with E-state index in [2.05, 4.69) is 272 Å². The van der Waals surface area contributed by atoms with Crippen LogP contribution in [0, 0.1) is 0 Å². The summed E-state index contributed by atoms with van der Waals surface area (Å²) < 4.78 is 0. The van der Waals surface area contributed by atoms with E-state index < -0.39 is 0 Å². The fraction of sp³-hybridized carbons (Fsp3) is 0.344. The van der Waals surface area contributed by atoms with Crippen LogP contribution in [0.15, 0.2) is 152 Å². The van der Waals surface area contributed by atoms with Crippen molar-refractivity contribution in [1.82, 2.24) is 0 Å². The average molecular weight is 881 g/mol. The molecule has 7 aromatic carbocycles. The van der Waals surface area contributed by atoms with Crippen LogP contribution in [0.3, 0.4) is 0 Å². The van der Waals surface area contributed by atoms with Crippen LogP contribution in [0.2, 0.25) is 0 Å². The summed E-state index contributed by atoms with van der Waals surface area (Å²) in [5.74, 6) is 0. The molecule has 3 heteroatoms. The standard InChI is InChI=1S/C64H73BN2/c1-59(2,3)46-34-47(60(4,5)6)37-50(36-46)66-54-28-23-29-55-58(54)65(52-32-30-44(40-56(52)66)63(13,14)42-24-19-17-20-25-42)53-33-31-45(64(15,16)43-26-21-18-22-27-43)41-57(53)67(55)51-38-48(61(7,8)9)35-49(39-51)62(10,11)12/h17-41H,1-16H3. The molecular formula is C64H73BN2. The quantitative estimate of drug-likeness (QED) is 0.154. The molecular weight excluding hydrogens is 808 g/mol. The van der Waals surface area contributed by atoms with Crippen molar-refractivity contribution in [3.8, 4) is 0 Å². The van der Waals surface area contributed by atoms with E-state index in [1.165, 1.54) is 95.0 Å². The molecule has 2 heterocycles. The summed E-state index contributed by atoms with van der Waals surface area (Å²) in [5.41, 5.74) is 21.4. The van der Waals surface area contributed by atoms with Gasteiger partial charge < -0.3 is 9.80 Å². The monoisotopic (exact) mass is 881 g/mol. The van der Waals surface area contributed by atoms with Crippen LogP contribution in [0.25, 0.3) is 0 Å². The maximum atomic E-state index is 2.63. The predicted molar refractivity (Wildman–Crippen MR) is 292 cm³/mol. The maximum absolute atomic E-state index is 2.63. The first-order valence-electron chi connectivity index (χ1n) is 24.7. The van der Waals surface area contributed by atoms with Crippen LogP contribution in [-0.2, 0) is 32.5 Å². The molecule has 0 amide bonds. The van der Waals surface area contributed by atoms with E-state index in [0.29, 0.717) is 0 Å². The Labute approximate surface area is 404 Å². The van der Waals surface area contributed by atoms with E-state index >= 15 is 0 Å². The number of nitrogens with zero attached hydrogens (tertiary/aromatic N) is 2. The average Bonchev–Trinajstić information content (AvgIpc) is 3.27. The van der Waals surface area contributed by atoms with Gasteiger partial charge in [-0.15, -0.1) is 0 Å². The van der Waals surface area contributed by atoms with Crippen LogP contribution >= 0.6 is 0 Å². The van der Waals surface area contributed by atoms with E-state index in [1.54, 1.807) is 0 Å². The summed E-state index contributed by atoms with van der Waals surface area (Å²) in [5, 5.41) is 0. The fourth-order valence-electron chi connectivity index (χ4n) is 10.5. The lowest BCUT2D eigenvalue weighted by atomic mass is 9.33. The SMILES string of the molecule is CC(C)(C)c1cc(N2c3cc(C(C)(C)c4ccccc4)ccc3B3c4ccc(C(C)(C)c5ccccc5)cc4N(c4cc(C(C)(C)C)cc(C(C)(C)C)c4)c4cccc2c43)cc(C(C)(C)C)c1. The maximum Gasteiger partial charge on any atom is 0.252 e. The third kappa shape index (κ3) is 8.15. The fourth-order valence-corrected chi connectivity index (χ4v) is 10.5. The first-order chi connectivity index (χ1) is 31.3. The number of benzene rings is 7. The van der Waals surface area contributed by atoms with E-state index in [4.69, 9.17) is 0 Å². The third-order valence-corrected chi connectivity index (χ3v) is 15.2. The highest BCUT2D eigenvalue weighted by Crippen LogP contribution is 2.48. The molecule has 2 aliphatic heterocycles. The summed E-state index contributed by atoms with van der Waals surface area (Å²) in [4.78, 5) is 5.25. The molecule has 342 valence electrons. The van der Waals surface area contributed by atoms with Gasteiger partial charge in [-0.1, -0.05) is 214 Å². The Morgan fingerprint density at radius 2 is 0.612 bits per heavy atom. The van der Waals surface area contributed by atoms with Gasteiger partial charge in [0.25, 0.3) is 6.71 Å². The zero-order chi connectivity index (χ0) is 48.2. The molecule has 0 spiro atoms. The Kier molecular flexibility index (Phi) is 11.0. The Morgan fingerprint density at radius 1 is 0.284 bits per heavy atom. The second kappa shape index (κ2) is 15.9. The van der Waals surface area contributed by atoms with Crippen molar-refractivity contribution in [1.29, 1.82) is 0 Å². The normalized spacial score (nSPS) is 14.2. The van der Waals surface area contributed by atoms with Crippen molar-refractivity contribution >= 4 is 57.2 Å². The van der Waals surface area contributed by atoms with Crippen molar-refractivity contribution in [3.05, 3.63) is 196 Å². The first kappa shape index (κ1) is 46.3. The lowest BCUT2D eigenvalue weighted by Crippen LogP contribution is -2.61. The van der Waals surface area contributed by atoms with Gasteiger partial charge in [-0.05, 0) is 131 Å². The van der Waals surface area contributed by atoms with Gasteiger partial charge in [-0.3, -0.25) is 0 Å². The Morgan fingerprint density at radius 3 is 0.925 bits per heavy atom. The van der Waals surface area contributed by atoms with Gasteiger partial charge in [0.2, 0.25) is 0 Å². The molecule has 0 saturated heterocycles. The van der Waals surface area contributed by atoms with Crippen molar-refractivity contribution < 1.29 is 0 Å². The Hall–Kier alpha value is -5.80. The number of fused-ring (bicyclic) bond motifs is 4. The lowest BCUT2D eigenvalue weighted by molar-refractivity contribution is 0.568. The zero-order valence-electron chi connectivity index (χ0n) is 43.4. The van der Waals surface area contributed by atoms with Gasteiger partial charge in [0, 0.05) is 45.0 Å². The largest absolute Gasteiger partial charge is 0.311 e. The van der Waals surface area contributed by atoms with E-state index in [-0.39, 0.29) is 39.2 Å². The molecule has 2 nitrogen and oxygen atoms in total. The van der Waals surface area contributed by atoms with Gasteiger partial charge in [-0.2, -0.15) is 0 Å². The third-order valence-electron chi connectivity index (χ3n) is 15.2. The van der Waals surface area contributed by atoms with Crippen LogP contribution < -0.4 is 26.2 Å². The van der Waals surface area contributed by atoms with Gasteiger partial charge in [0.15, 0.2) is 0 Å². The van der Waals surface area contributed by atoms with E-state index in [9.17, 15) is 0 Å². The molecule has 0 N–H and O–H groups in total. The van der Waals surface area contributed by atoms with Crippen molar-refractivity contribution in [2.45, 2.75) is 143 Å². The second-order valence-corrected chi connectivity index (χ2v) is 24.9. The number of anilines is 6. The molecule has 0 fully saturated rings. The topological polar surface area (TPSA) is 6.48 Å². The summed E-state index contributed by atoms with van der Waals surface area (Å²) in [6.07, 6.45) is 0. The minimum absolute atomic E-state index is 0.00671. The number of hydrogen-bond donors (Lipinski definition) is 0. The van der Waals surface area contributed by atoms with Gasteiger partial charge in [0.05, 0.1) is 0 Å². The van der Waals surface area contributed by atoms with Crippen LogP contribution in [0.4, 0.5) is 34.1 Å². The molecule has 0 atom stereocenters. The van der Waals surface area contributed by atoms with Crippen molar-refractivity contribution in [2.75, 3.05) is 9.80 Å². The van der Waals surface area contributed by atoms with E-state index in [0.717, 1.165) is 0 Å². The second-order valence-electron chi connectivity index (χ2n) is 24.9. The molecule has 67 heavy (non-hydrogen) atoms. The van der Waals surface area contributed by atoms with Gasteiger partial charge in [0.1, 0.15) is 0 Å². The molecule has 0 bridgehead atoms. The number of rotatable bonds is 6. The molecule has 7 aromatic rings. The van der Waals surface area contributed by atoms with Gasteiger partial charge in [-0.25, -0.2) is 0 Å². The highest BCUT2D eigenvalue weighted by molar-refractivity contribution is 7.00. The molecule has 0 aromatic heterocycles. The van der Waals surface area contributed by atoms with Crippen LogP contribution in [0.5, 0.6) is 0 Å². The lowest BCUT2D eigenvalue weighted by Gasteiger charge is -2.45. The summed E-state index contributed by atoms with van der Waals surface area (Å²) in [7, 11) is 0. The van der Waals surface area contributed by atoms with E-state index in [1.807, 2.05) is 0 Å². The first-order valence-corrected chi connectivity index (χ1v) is 24.7. The highest BCUT2D eigenvalue weighted by atomic mass is 15.2. The summed E-state index contributed by atoms with van der Waals surface area (Å²) in [6, 6.07) is 58.8. The molecule has 0 saturated carbocycles. The molecule has 2 aliphatic rings. The molecule has 0 aliphatic carbocycles. The number of hydrogen-bond acceptors (Lipinski definition) is 2. The van der Waals surface area contributed by atoms with Crippen molar-refractivity contribution in [2.24, 2.45) is 0 Å². The predicted octanol–water partition coefficient (Wildman–Crippen LogP) is 15.6. The minimum atomic E-state index is -0.226. The molecule has 0 unspecified atom stereocenters. The van der Waals surface area contributed by atoms with Crippen molar-refractivity contribution in [3.63, 3.8) is 0 Å².